The number of aliphatic hydroxyl groups is 1. The largest absolute Gasteiger partial charge is 0.466 e. The van der Waals surface area contributed by atoms with Gasteiger partial charge in [-0.25, -0.2) is 0 Å². The van der Waals surface area contributed by atoms with E-state index in [2.05, 4.69) is 0 Å². The Hall–Kier alpha value is -1.33. The third-order valence-corrected chi connectivity index (χ3v) is 2.38. The van der Waals surface area contributed by atoms with E-state index < -0.39 is 6.04 Å². The third-order valence-electron chi connectivity index (χ3n) is 2.38. The van der Waals surface area contributed by atoms with Crippen LogP contribution in [0.15, 0.2) is 16.5 Å². The molecule has 16 heavy (non-hydrogen) atoms. The first kappa shape index (κ1) is 12.7. The highest BCUT2D eigenvalue weighted by Gasteiger charge is 2.16. The van der Waals surface area contributed by atoms with Gasteiger partial charge in [-0.1, -0.05) is 0 Å². The van der Waals surface area contributed by atoms with Crippen molar-refractivity contribution in [2.45, 2.75) is 19.4 Å². The lowest BCUT2D eigenvalue weighted by molar-refractivity contribution is -0.132. The first-order chi connectivity index (χ1) is 7.54. The van der Waals surface area contributed by atoms with Crippen LogP contribution in [0.3, 0.4) is 0 Å². The molecule has 0 aliphatic heterocycles. The minimum atomic E-state index is -0.830. The number of rotatable bonds is 5. The molecule has 1 rings (SSSR count). The minimum absolute atomic E-state index is 0.259. The van der Waals surface area contributed by atoms with Crippen LogP contribution in [0.4, 0.5) is 0 Å². The second kappa shape index (κ2) is 5.67. The number of carbonyl (C=O) groups excluding carboxylic acids is 1. The number of hydrogen-bond acceptors (Lipinski definition) is 4. The quantitative estimate of drug-likeness (QED) is 0.735. The molecule has 1 amide bonds. The molecule has 5 heteroatoms. The highest BCUT2D eigenvalue weighted by Crippen LogP contribution is 2.07. The van der Waals surface area contributed by atoms with E-state index in [4.69, 9.17) is 15.3 Å². The number of aliphatic hydroxyl groups excluding tert-OH is 1. The highest BCUT2D eigenvalue weighted by molar-refractivity contribution is 5.81. The number of furan rings is 1. The van der Waals surface area contributed by atoms with Gasteiger partial charge < -0.3 is 20.2 Å². The van der Waals surface area contributed by atoms with Gasteiger partial charge in [0.1, 0.15) is 17.6 Å². The van der Waals surface area contributed by atoms with Gasteiger partial charge in [0.2, 0.25) is 5.91 Å². The van der Waals surface area contributed by atoms with Crippen LogP contribution >= 0.6 is 0 Å². The molecule has 0 radical (unpaired) electrons. The number of carbonyl (C=O) groups is 1. The molecule has 1 unspecified atom stereocenters. The number of nitrogens with zero attached hydrogens (tertiary/aromatic N) is 1. The van der Waals surface area contributed by atoms with Gasteiger partial charge in [-0.05, 0) is 19.1 Å². The molecule has 1 heterocycles. The lowest BCUT2D eigenvalue weighted by Gasteiger charge is -2.19. The van der Waals surface area contributed by atoms with E-state index in [0.717, 1.165) is 11.5 Å². The molecule has 1 aromatic heterocycles. The molecule has 0 aromatic carbocycles. The normalized spacial score (nSPS) is 12.5. The Bertz CT molecular complexity index is 349. The van der Waals surface area contributed by atoms with Crippen molar-refractivity contribution in [3.63, 3.8) is 0 Å². The van der Waals surface area contributed by atoms with Crippen LogP contribution in [0, 0.1) is 6.92 Å². The average Bonchev–Trinajstić information content (AvgIpc) is 2.69. The second-order valence-corrected chi connectivity index (χ2v) is 3.81. The lowest BCUT2D eigenvalue weighted by Crippen LogP contribution is -2.44. The molecule has 0 fully saturated rings. The number of amides is 1. The predicted octanol–water partition coefficient (Wildman–Crippen LogP) is -0.0915. The summed E-state index contributed by atoms with van der Waals surface area (Å²) in [5, 5.41) is 8.75. The lowest BCUT2D eigenvalue weighted by atomic mass is 10.2. The van der Waals surface area contributed by atoms with Crippen molar-refractivity contribution in [2.24, 2.45) is 5.73 Å². The number of hydrogen-bond donors (Lipinski definition) is 2. The fraction of sp³-hybridized carbons (Fsp3) is 0.545. The monoisotopic (exact) mass is 226 g/mol. The van der Waals surface area contributed by atoms with Gasteiger partial charge in [-0.3, -0.25) is 4.79 Å². The van der Waals surface area contributed by atoms with Gasteiger partial charge in [0.25, 0.3) is 0 Å². The van der Waals surface area contributed by atoms with Crippen LogP contribution in [0.2, 0.25) is 0 Å². The molecule has 1 atom stereocenters. The molecular formula is C11H18N2O3. The van der Waals surface area contributed by atoms with Crippen LogP contribution in [-0.2, 0) is 11.2 Å². The topological polar surface area (TPSA) is 79.7 Å². The Morgan fingerprint density at radius 3 is 2.81 bits per heavy atom. The number of nitrogens with two attached hydrogens (primary N) is 1. The zero-order valence-corrected chi connectivity index (χ0v) is 9.64. The Morgan fingerprint density at radius 2 is 2.31 bits per heavy atom. The van der Waals surface area contributed by atoms with Crippen molar-refractivity contribution in [1.82, 2.24) is 4.90 Å². The highest BCUT2D eigenvalue weighted by atomic mass is 16.3. The van der Waals surface area contributed by atoms with Gasteiger partial charge in [0.15, 0.2) is 0 Å². The maximum atomic E-state index is 11.5. The average molecular weight is 226 g/mol. The van der Waals surface area contributed by atoms with Gasteiger partial charge in [-0.15, -0.1) is 0 Å². The molecule has 0 spiro atoms. The van der Waals surface area contributed by atoms with E-state index in [1.54, 1.807) is 7.05 Å². The fourth-order valence-electron chi connectivity index (χ4n) is 1.37. The summed E-state index contributed by atoms with van der Waals surface area (Å²) in [5.74, 6) is 1.44. The summed E-state index contributed by atoms with van der Waals surface area (Å²) in [6.07, 6.45) is 0.647. The Balaban J connectivity index is 2.40. The van der Waals surface area contributed by atoms with E-state index in [9.17, 15) is 4.79 Å². The van der Waals surface area contributed by atoms with Gasteiger partial charge in [0.05, 0.1) is 6.61 Å². The van der Waals surface area contributed by atoms with Crippen LogP contribution in [0.1, 0.15) is 11.5 Å². The fourth-order valence-corrected chi connectivity index (χ4v) is 1.37. The van der Waals surface area contributed by atoms with Gasteiger partial charge >= 0.3 is 0 Å². The summed E-state index contributed by atoms with van der Waals surface area (Å²) in [6, 6.07) is 2.94. The van der Waals surface area contributed by atoms with Gasteiger partial charge in [-0.2, -0.15) is 0 Å². The maximum absolute atomic E-state index is 11.5. The van der Waals surface area contributed by atoms with E-state index >= 15 is 0 Å². The Kier molecular flexibility index (Phi) is 4.52. The second-order valence-electron chi connectivity index (χ2n) is 3.81. The molecule has 90 valence electrons. The Labute approximate surface area is 94.8 Å². The summed E-state index contributed by atoms with van der Waals surface area (Å²) < 4.78 is 5.38. The van der Waals surface area contributed by atoms with Crippen LogP contribution in [0.25, 0.3) is 0 Å². The molecule has 0 saturated carbocycles. The van der Waals surface area contributed by atoms with Crippen LogP contribution < -0.4 is 5.73 Å². The van der Waals surface area contributed by atoms with Gasteiger partial charge in [0, 0.05) is 20.0 Å². The summed E-state index contributed by atoms with van der Waals surface area (Å²) in [5.41, 5.74) is 5.43. The van der Waals surface area contributed by atoms with E-state index in [1.165, 1.54) is 4.90 Å². The summed E-state index contributed by atoms with van der Waals surface area (Å²) >= 11 is 0. The van der Waals surface area contributed by atoms with Crippen molar-refractivity contribution >= 4 is 5.91 Å². The van der Waals surface area contributed by atoms with E-state index in [0.29, 0.717) is 13.0 Å². The van der Waals surface area contributed by atoms with Crippen molar-refractivity contribution < 1.29 is 14.3 Å². The molecule has 3 N–H and O–H groups in total. The minimum Gasteiger partial charge on any atom is -0.466 e. The third kappa shape index (κ3) is 3.36. The number of aryl methyl sites for hydroxylation is 1. The molecule has 5 nitrogen and oxygen atoms in total. The van der Waals surface area contributed by atoms with Crippen LogP contribution in [-0.4, -0.2) is 42.2 Å². The zero-order chi connectivity index (χ0) is 12.1. The molecule has 1 aromatic rings. The first-order valence-corrected chi connectivity index (χ1v) is 5.21. The van der Waals surface area contributed by atoms with Crippen molar-refractivity contribution in [2.75, 3.05) is 20.2 Å². The standard InChI is InChI=1S/C11H18N2O3/c1-8-3-4-9(16-8)5-6-13(2)11(15)10(12)7-14/h3-4,10,14H,5-7,12H2,1-2H3. The smallest absolute Gasteiger partial charge is 0.241 e. The first-order valence-electron chi connectivity index (χ1n) is 5.21. The Morgan fingerprint density at radius 1 is 1.62 bits per heavy atom. The molecule has 0 aliphatic carbocycles. The van der Waals surface area contributed by atoms with Crippen molar-refractivity contribution in [3.05, 3.63) is 23.7 Å². The summed E-state index contributed by atoms with van der Waals surface area (Å²) in [7, 11) is 1.66. The molecule has 0 aliphatic rings. The molecule has 0 saturated heterocycles. The summed E-state index contributed by atoms with van der Waals surface area (Å²) in [4.78, 5) is 13.0. The molecular weight excluding hydrogens is 208 g/mol. The van der Waals surface area contributed by atoms with E-state index in [1.807, 2.05) is 19.1 Å². The van der Waals surface area contributed by atoms with Crippen molar-refractivity contribution in [1.29, 1.82) is 0 Å². The zero-order valence-electron chi connectivity index (χ0n) is 9.64. The summed E-state index contributed by atoms with van der Waals surface area (Å²) in [6.45, 7) is 2.07. The predicted molar refractivity (Wildman–Crippen MR) is 59.8 cm³/mol. The van der Waals surface area contributed by atoms with Crippen LogP contribution in [0.5, 0.6) is 0 Å². The number of likely N-dealkylation sites (N-methyl/N-ethyl adjacent to an activating group) is 1. The van der Waals surface area contributed by atoms with E-state index in [-0.39, 0.29) is 12.5 Å². The molecule has 0 bridgehead atoms. The van der Waals surface area contributed by atoms with Crippen molar-refractivity contribution in [3.8, 4) is 0 Å². The maximum Gasteiger partial charge on any atom is 0.241 e. The SMILES string of the molecule is Cc1ccc(CCN(C)C(=O)C(N)CO)o1.